The minimum absolute atomic E-state index is 0.287. The predicted octanol–water partition coefficient (Wildman–Crippen LogP) is 4.15. The van der Waals surface area contributed by atoms with Gasteiger partial charge in [0.05, 0.1) is 24.8 Å². The highest BCUT2D eigenvalue weighted by Crippen LogP contribution is 2.15. The maximum absolute atomic E-state index is 12.5. The van der Waals surface area contributed by atoms with Crippen LogP contribution in [0.4, 0.5) is 11.4 Å². The van der Waals surface area contributed by atoms with Crippen molar-refractivity contribution in [2.45, 2.75) is 6.92 Å². The number of carbonyl (C=O) groups is 4. The zero-order valence-electron chi connectivity index (χ0n) is 18.1. The third-order valence-electron chi connectivity index (χ3n) is 4.63. The van der Waals surface area contributed by atoms with Crippen LogP contribution >= 0.6 is 0 Å². The van der Waals surface area contributed by atoms with Gasteiger partial charge >= 0.3 is 11.9 Å². The van der Waals surface area contributed by atoms with Crippen molar-refractivity contribution in [3.63, 3.8) is 0 Å². The smallest absolute Gasteiger partial charge is 0.338 e. The number of nitrogens with one attached hydrogen (secondary N) is 2. The van der Waals surface area contributed by atoms with E-state index in [9.17, 15) is 19.2 Å². The van der Waals surface area contributed by atoms with Crippen molar-refractivity contribution < 1.29 is 28.7 Å². The lowest BCUT2D eigenvalue weighted by atomic mass is 10.1. The molecule has 33 heavy (non-hydrogen) atoms. The summed E-state index contributed by atoms with van der Waals surface area (Å²) in [5.41, 5.74) is 2.55. The molecule has 2 amide bonds. The summed E-state index contributed by atoms with van der Waals surface area (Å²) in [5.74, 6) is -1.60. The van der Waals surface area contributed by atoms with Crippen LogP contribution in [-0.4, -0.2) is 37.5 Å². The summed E-state index contributed by atoms with van der Waals surface area (Å²) in [4.78, 5) is 48.1. The molecule has 168 valence electrons. The third-order valence-corrected chi connectivity index (χ3v) is 4.63. The Labute approximate surface area is 190 Å². The average Bonchev–Trinajstić information content (AvgIpc) is 2.84. The number of hydrogen-bond acceptors (Lipinski definition) is 6. The average molecular weight is 446 g/mol. The van der Waals surface area contributed by atoms with E-state index in [2.05, 4.69) is 15.4 Å². The van der Waals surface area contributed by atoms with Crippen LogP contribution in [0.5, 0.6) is 0 Å². The first-order chi connectivity index (χ1) is 15.9. The first-order valence-electron chi connectivity index (χ1n) is 10.1. The summed E-state index contributed by atoms with van der Waals surface area (Å²) in [6.45, 7) is 2.02. The molecule has 0 aromatic heterocycles. The number of anilines is 2. The van der Waals surface area contributed by atoms with Crippen molar-refractivity contribution in [3.05, 3.63) is 95.1 Å². The Hall–Kier alpha value is -4.46. The van der Waals surface area contributed by atoms with Crippen molar-refractivity contribution >= 4 is 35.1 Å². The van der Waals surface area contributed by atoms with Gasteiger partial charge in [0, 0.05) is 22.5 Å². The van der Waals surface area contributed by atoms with E-state index >= 15 is 0 Å². The van der Waals surface area contributed by atoms with Crippen LogP contribution in [0.25, 0.3) is 0 Å². The zero-order chi connectivity index (χ0) is 23.8. The SMILES string of the molecule is CCOC(=O)c1ccc(NC(=O)c2ccc(NC(=O)c3ccc(C(=O)OC)cc3)cc2)cc1. The monoisotopic (exact) mass is 446 g/mol. The third kappa shape index (κ3) is 6.04. The first-order valence-corrected chi connectivity index (χ1v) is 10.1. The molecular weight excluding hydrogens is 424 g/mol. The Morgan fingerprint density at radius 3 is 1.39 bits per heavy atom. The molecule has 2 N–H and O–H groups in total. The van der Waals surface area contributed by atoms with E-state index in [0.717, 1.165) is 0 Å². The molecule has 0 unspecified atom stereocenters. The van der Waals surface area contributed by atoms with Crippen LogP contribution in [0.2, 0.25) is 0 Å². The van der Waals surface area contributed by atoms with E-state index in [1.807, 2.05) is 0 Å². The van der Waals surface area contributed by atoms with E-state index in [1.165, 1.54) is 31.4 Å². The lowest BCUT2D eigenvalue weighted by molar-refractivity contribution is 0.0525. The van der Waals surface area contributed by atoms with Gasteiger partial charge in [-0.3, -0.25) is 9.59 Å². The highest BCUT2D eigenvalue weighted by atomic mass is 16.5. The van der Waals surface area contributed by atoms with Gasteiger partial charge in [0.1, 0.15) is 0 Å². The van der Waals surface area contributed by atoms with E-state index in [4.69, 9.17) is 4.74 Å². The number of rotatable bonds is 7. The molecule has 0 heterocycles. The molecule has 0 bridgehead atoms. The Morgan fingerprint density at radius 1 is 0.606 bits per heavy atom. The van der Waals surface area contributed by atoms with Gasteiger partial charge < -0.3 is 20.1 Å². The van der Waals surface area contributed by atoms with Crippen LogP contribution in [0.15, 0.2) is 72.8 Å². The molecule has 8 nitrogen and oxygen atoms in total. The fraction of sp³-hybridized carbons (Fsp3) is 0.120. The molecule has 0 saturated carbocycles. The molecule has 0 fully saturated rings. The summed E-state index contributed by atoms with van der Waals surface area (Å²) >= 11 is 0. The van der Waals surface area contributed by atoms with Crippen molar-refractivity contribution in [2.75, 3.05) is 24.4 Å². The molecule has 0 atom stereocenters. The quantitative estimate of drug-likeness (QED) is 0.528. The standard InChI is InChI=1S/C25H22N2O6/c1-3-33-25(31)19-10-14-21(15-11-19)27-23(29)17-8-12-20(13-9-17)26-22(28)16-4-6-18(7-5-16)24(30)32-2/h4-15H,3H2,1-2H3,(H,26,28)(H,27,29). The predicted molar refractivity (Wildman–Crippen MR) is 123 cm³/mol. The fourth-order valence-electron chi connectivity index (χ4n) is 2.89. The number of carbonyl (C=O) groups excluding carboxylic acids is 4. The second-order valence-corrected chi connectivity index (χ2v) is 6.85. The van der Waals surface area contributed by atoms with E-state index in [-0.39, 0.29) is 18.4 Å². The Balaban J connectivity index is 1.59. The molecule has 0 aliphatic heterocycles. The summed E-state index contributed by atoms with van der Waals surface area (Å²) in [5, 5.41) is 5.48. The van der Waals surface area contributed by atoms with Gasteiger partial charge in [-0.15, -0.1) is 0 Å². The minimum atomic E-state index is -0.481. The summed E-state index contributed by atoms with van der Waals surface area (Å²) in [6.07, 6.45) is 0. The zero-order valence-corrected chi connectivity index (χ0v) is 18.1. The van der Waals surface area contributed by atoms with E-state index in [1.54, 1.807) is 55.5 Å². The summed E-state index contributed by atoms with van der Waals surface area (Å²) < 4.78 is 9.56. The number of hydrogen-bond donors (Lipinski definition) is 2. The molecule has 0 radical (unpaired) electrons. The van der Waals surface area contributed by atoms with Gasteiger partial charge in [0.2, 0.25) is 0 Å². The topological polar surface area (TPSA) is 111 Å². The molecule has 0 saturated heterocycles. The Morgan fingerprint density at radius 2 is 0.970 bits per heavy atom. The summed E-state index contributed by atoms with van der Waals surface area (Å²) in [7, 11) is 1.29. The van der Waals surface area contributed by atoms with Crippen LogP contribution in [0.1, 0.15) is 48.4 Å². The second kappa shape index (κ2) is 10.7. The molecule has 0 aliphatic rings. The van der Waals surface area contributed by atoms with Gasteiger partial charge in [0.25, 0.3) is 11.8 Å². The van der Waals surface area contributed by atoms with Gasteiger partial charge in [0.15, 0.2) is 0 Å². The first kappa shape index (κ1) is 23.2. The number of esters is 2. The molecular formula is C25H22N2O6. The number of ether oxygens (including phenoxy) is 2. The number of amides is 2. The summed E-state index contributed by atoms with van der Waals surface area (Å²) in [6, 6.07) is 18.8. The lowest BCUT2D eigenvalue weighted by Crippen LogP contribution is -2.14. The van der Waals surface area contributed by atoms with Crippen molar-refractivity contribution in [3.8, 4) is 0 Å². The normalized spacial score (nSPS) is 10.1. The molecule has 3 aromatic rings. The van der Waals surface area contributed by atoms with Gasteiger partial charge in [-0.05, 0) is 79.7 Å². The molecule has 0 aliphatic carbocycles. The molecule has 3 rings (SSSR count). The number of methoxy groups -OCH3 is 1. The van der Waals surface area contributed by atoms with Crippen molar-refractivity contribution in [1.82, 2.24) is 0 Å². The Kier molecular flexibility index (Phi) is 7.54. The largest absolute Gasteiger partial charge is 0.465 e. The van der Waals surface area contributed by atoms with Crippen LogP contribution in [-0.2, 0) is 9.47 Å². The molecule has 3 aromatic carbocycles. The highest BCUT2D eigenvalue weighted by Gasteiger charge is 2.11. The van der Waals surface area contributed by atoms with E-state index < -0.39 is 11.9 Å². The highest BCUT2D eigenvalue weighted by molar-refractivity contribution is 6.06. The van der Waals surface area contributed by atoms with Crippen LogP contribution < -0.4 is 10.6 Å². The van der Waals surface area contributed by atoms with Crippen LogP contribution in [0, 0.1) is 0 Å². The number of benzene rings is 3. The van der Waals surface area contributed by atoms with Gasteiger partial charge in [-0.25, -0.2) is 9.59 Å². The van der Waals surface area contributed by atoms with Crippen LogP contribution in [0.3, 0.4) is 0 Å². The molecule has 0 spiro atoms. The van der Waals surface area contributed by atoms with Crippen molar-refractivity contribution in [1.29, 1.82) is 0 Å². The second-order valence-electron chi connectivity index (χ2n) is 6.85. The van der Waals surface area contributed by atoms with Gasteiger partial charge in [-0.1, -0.05) is 0 Å². The maximum Gasteiger partial charge on any atom is 0.338 e. The van der Waals surface area contributed by atoms with Gasteiger partial charge in [-0.2, -0.15) is 0 Å². The van der Waals surface area contributed by atoms with Crippen molar-refractivity contribution in [2.24, 2.45) is 0 Å². The fourth-order valence-corrected chi connectivity index (χ4v) is 2.89. The lowest BCUT2D eigenvalue weighted by Gasteiger charge is -2.09. The Bertz CT molecular complexity index is 1150. The molecule has 8 heteroatoms. The minimum Gasteiger partial charge on any atom is -0.465 e. The van der Waals surface area contributed by atoms with E-state index in [0.29, 0.717) is 33.6 Å². The maximum atomic E-state index is 12.5.